The van der Waals surface area contributed by atoms with Gasteiger partial charge in [0.15, 0.2) is 0 Å². The Balaban J connectivity index is 2.26. The summed E-state index contributed by atoms with van der Waals surface area (Å²) >= 11 is 9.65. The van der Waals surface area contributed by atoms with Crippen LogP contribution in [0.25, 0.3) is 0 Å². The molecule has 0 aliphatic heterocycles. The minimum atomic E-state index is 0.257. The zero-order valence-electron chi connectivity index (χ0n) is 12.0. The Morgan fingerprint density at radius 2 is 1.85 bits per heavy atom. The van der Waals surface area contributed by atoms with Gasteiger partial charge in [-0.15, -0.1) is 0 Å². The van der Waals surface area contributed by atoms with Crippen LogP contribution in [0.15, 0.2) is 40.9 Å². The van der Waals surface area contributed by atoms with Gasteiger partial charge < -0.3 is 5.32 Å². The Kier molecular flexibility index (Phi) is 5.25. The number of benzene rings is 2. The molecule has 0 fully saturated rings. The predicted octanol–water partition coefficient (Wildman–Crippen LogP) is 5.22. The monoisotopic (exact) mass is 351 g/mol. The van der Waals surface area contributed by atoms with E-state index >= 15 is 0 Å². The van der Waals surface area contributed by atoms with Gasteiger partial charge in [0.1, 0.15) is 0 Å². The number of aryl methyl sites for hydroxylation is 2. The summed E-state index contributed by atoms with van der Waals surface area (Å²) in [6.45, 7) is 4.30. The normalized spacial score (nSPS) is 12.4. The largest absolute Gasteiger partial charge is 0.313 e. The van der Waals surface area contributed by atoms with Crippen molar-refractivity contribution in [3.05, 3.63) is 68.1 Å². The first kappa shape index (κ1) is 15.6. The number of halogens is 2. The maximum absolute atomic E-state index is 6.14. The molecule has 0 aliphatic rings. The second kappa shape index (κ2) is 6.75. The van der Waals surface area contributed by atoms with Crippen molar-refractivity contribution in [2.24, 2.45) is 0 Å². The molecule has 2 aromatic rings. The lowest BCUT2D eigenvalue weighted by Gasteiger charge is -2.18. The Morgan fingerprint density at radius 3 is 2.45 bits per heavy atom. The highest BCUT2D eigenvalue weighted by Crippen LogP contribution is 2.26. The second-order valence-electron chi connectivity index (χ2n) is 5.17. The zero-order chi connectivity index (χ0) is 14.7. The van der Waals surface area contributed by atoms with E-state index in [9.17, 15) is 0 Å². The SMILES string of the molecule is CNC(Cc1ccc(C)c(C)c1)c1cc(Cl)cc(Br)c1. The minimum Gasteiger partial charge on any atom is -0.313 e. The molecule has 1 unspecified atom stereocenters. The van der Waals surface area contributed by atoms with Crippen LogP contribution in [-0.2, 0) is 6.42 Å². The number of nitrogens with one attached hydrogen (secondary N) is 1. The molecule has 20 heavy (non-hydrogen) atoms. The average Bonchev–Trinajstić information content (AvgIpc) is 2.38. The van der Waals surface area contributed by atoms with Gasteiger partial charge in [0, 0.05) is 15.5 Å². The molecule has 2 rings (SSSR count). The maximum Gasteiger partial charge on any atom is 0.0420 e. The fourth-order valence-corrected chi connectivity index (χ4v) is 3.22. The van der Waals surface area contributed by atoms with Crippen LogP contribution in [0.1, 0.15) is 28.3 Å². The van der Waals surface area contributed by atoms with Gasteiger partial charge in [0.2, 0.25) is 0 Å². The lowest BCUT2D eigenvalue weighted by Crippen LogP contribution is -2.19. The second-order valence-corrected chi connectivity index (χ2v) is 6.52. The number of hydrogen-bond acceptors (Lipinski definition) is 1. The highest BCUT2D eigenvalue weighted by molar-refractivity contribution is 9.10. The maximum atomic E-state index is 6.14. The lowest BCUT2D eigenvalue weighted by atomic mass is 9.96. The Labute approximate surface area is 134 Å². The summed E-state index contributed by atoms with van der Waals surface area (Å²) in [6, 6.07) is 13.0. The molecule has 0 bridgehead atoms. The van der Waals surface area contributed by atoms with E-state index in [1.54, 1.807) is 0 Å². The number of hydrogen-bond donors (Lipinski definition) is 1. The molecule has 0 amide bonds. The summed E-state index contributed by atoms with van der Waals surface area (Å²) in [5.74, 6) is 0. The third kappa shape index (κ3) is 3.85. The summed E-state index contributed by atoms with van der Waals surface area (Å²) in [4.78, 5) is 0. The van der Waals surface area contributed by atoms with Crippen molar-refractivity contribution >= 4 is 27.5 Å². The molecule has 0 aliphatic carbocycles. The standard InChI is InChI=1S/C17H19BrClN/c1-11-4-5-13(6-12(11)2)7-17(20-3)14-8-15(18)10-16(19)9-14/h4-6,8-10,17,20H,7H2,1-3H3. The molecule has 1 N–H and O–H groups in total. The Hall–Kier alpha value is -0.830. The Bertz CT molecular complexity index is 590. The van der Waals surface area contributed by atoms with E-state index in [1.165, 1.54) is 22.3 Å². The van der Waals surface area contributed by atoms with Crippen LogP contribution in [0, 0.1) is 13.8 Å². The quantitative estimate of drug-likeness (QED) is 0.795. The van der Waals surface area contributed by atoms with Crippen LogP contribution in [-0.4, -0.2) is 7.05 Å². The summed E-state index contributed by atoms with van der Waals surface area (Å²) in [5.41, 5.74) is 5.21. The molecule has 0 saturated carbocycles. The van der Waals surface area contributed by atoms with Gasteiger partial charge >= 0.3 is 0 Å². The van der Waals surface area contributed by atoms with Gasteiger partial charge in [-0.2, -0.15) is 0 Å². The van der Waals surface area contributed by atoms with Gasteiger partial charge in [0.25, 0.3) is 0 Å². The molecule has 1 atom stereocenters. The van der Waals surface area contributed by atoms with Gasteiger partial charge in [-0.1, -0.05) is 45.7 Å². The lowest BCUT2D eigenvalue weighted by molar-refractivity contribution is 0.591. The molecule has 3 heteroatoms. The summed E-state index contributed by atoms with van der Waals surface area (Å²) < 4.78 is 1.01. The topological polar surface area (TPSA) is 12.0 Å². The fourth-order valence-electron chi connectivity index (χ4n) is 2.33. The van der Waals surface area contributed by atoms with Gasteiger partial charge in [-0.3, -0.25) is 0 Å². The molecule has 1 nitrogen and oxygen atoms in total. The zero-order valence-corrected chi connectivity index (χ0v) is 14.3. The van der Waals surface area contributed by atoms with E-state index in [0.29, 0.717) is 0 Å². The average molecular weight is 353 g/mol. The van der Waals surface area contributed by atoms with Crippen LogP contribution >= 0.6 is 27.5 Å². The third-order valence-corrected chi connectivity index (χ3v) is 4.32. The first-order valence-electron chi connectivity index (χ1n) is 6.69. The van der Waals surface area contributed by atoms with Crippen molar-refractivity contribution in [1.29, 1.82) is 0 Å². The minimum absolute atomic E-state index is 0.257. The van der Waals surface area contributed by atoms with E-state index in [4.69, 9.17) is 11.6 Å². The van der Waals surface area contributed by atoms with Crippen LogP contribution < -0.4 is 5.32 Å². The molecule has 0 aromatic heterocycles. The van der Waals surface area contributed by atoms with Gasteiger partial charge in [-0.25, -0.2) is 0 Å². The summed E-state index contributed by atoms with van der Waals surface area (Å²) in [5, 5.41) is 4.13. The van der Waals surface area contributed by atoms with Gasteiger partial charge in [0.05, 0.1) is 0 Å². The molecular weight excluding hydrogens is 334 g/mol. The van der Waals surface area contributed by atoms with E-state index < -0.39 is 0 Å². The van der Waals surface area contributed by atoms with E-state index in [0.717, 1.165) is 15.9 Å². The van der Waals surface area contributed by atoms with Crippen molar-refractivity contribution in [2.45, 2.75) is 26.3 Å². The van der Waals surface area contributed by atoms with E-state index in [-0.39, 0.29) is 6.04 Å². The van der Waals surface area contributed by atoms with Crippen LogP contribution in [0.2, 0.25) is 5.02 Å². The van der Waals surface area contributed by atoms with E-state index in [1.807, 2.05) is 19.2 Å². The predicted molar refractivity (Wildman–Crippen MR) is 90.6 cm³/mol. The number of likely N-dealkylation sites (N-methyl/N-ethyl adjacent to an activating group) is 1. The first-order valence-corrected chi connectivity index (χ1v) is 7.86. The molecule has 0 spiro atoms. The molecule has 0 heterocycles. The van der Waals surface area contributed by atoms with Gasteiger partial charge in [-0.05, 0) is 67.8 Å². The Morgan fingerprint density at radius 1 is 1.10 bits per heavy atom. The molecular formula is C17H19BrClN. The highest BCUT2D eigenvalue weighted by atomic mass is 79.9. The molecule has 0 radical (unpaired) electrons. The fraction of sp³-hybridized carbons (Fsp3) is 0.294. The first-order chi connectivity index (χ1) is 9.49. The highest BCUT2D eigenvalue weighted by Gasteiger charge is 2.12. The van der Waals surface area contributed by atoms with E-state index in [2.05, 4.69) is 59.4 Å². The summed E-state index contributed by atoms with van der Waals surface area (Å²) in [7, 11) is 1.99. The van der Waals surface area contributed by atoms with Crippen molar-refractivity contribution in [3.8, 4) is 0 Å². The summed E-state index contributed by atoms with van der Waals surface area (Å²) in [6.07, 6.45) is 0.949. The van der Waals surface area contributed by atoms with Crippen molar-refractivity contribution in [2.75, 3.05) is 7.05 Å². The number of rotatable bonds is 4. The molecule has 0 saturated heterocycles. The smallest absolute Gasteiger partial charge is 0.0420 e. The molecule has 2 aromatic carbocycles. The van der Waals surface area contributed by atoms with Crippen molar-refractivity contribution < 1.29 is 0 Å². The molecule has 106 valence electrons. The third-order valence-electron chi connectivity index (χ3n) is 3.65. The van der Waals surface area contributed by atoms with Crippen molar-refractivity contribution in [1.82, 2.24) is 5.32 Å². The van der Waals surface area contributed by atoms with Crippen LogP contribution in [0.5, 0.6) is 0 Å². The van der Waals surface area contributed by atoms with Crippen molar-refractivity contribution in [3.63, 3.8) is 0 Å². The van der Waals surface area contributed by atoms with Crippen LogP contribution in [0.4, 0.5) is 0 Å². The van der Waals surface area contributed by atoms with Crippen LogP contribution in [0.3, 0.4) is 0 Å².